The summed E-state index contributed by atoms with van der Waals surface area (Å²) in [6.07, 6.45) is 7.84. The van der Waals surface area contributed by atoms with Crippen molar-refractivity contribution in [1.29, 1.82) is 0 Å². The molecule has 0 spiro atoms. The maximum atomic E-state index is 6.83. The number of aryl methyl sites for hydroxylation is 1. The van der Waals surface area contributed by atoms with E-state index in [4.69, 9.17) is 3.07 Å². The van der Waals surface area contributed by atoms with Crippen molar-refractivity contribution >= 4 is 41.4 Å². The molecule has 1 aromatic rings. The summed E-state index contributed by atoms with van der Waals surface area (Å²) in [7, 11) is 0. The van der Waals surface area contributed by atoms with Gasteiger partial charge in [0.2, 0.25) is 0 Å². The Morgan fingerprint density at radius 3 is 1.86 bits per heavy atom. The Hall–Kier alpha value is 0.479. The first kappa shape index (κ1) is 20.5. The van der Waals surface area contributed by atoms with Crippen LogP contribution in [0.15, 0.2) is 12.1 Å². The summed E-state index contributed by atoms with van der Waals surface area (Å²) in [4.78, 5) is 4.59. The standard InChI is InChI=1S/C6H6INO.3C4H9.Sn/c1-4-2-3-5(9)6(7)8-4;3*1-3-4-2;/h2-3,9H,1H3;3*1,3-4H2,2H3;/q;;;;+1/p-1. The monoisotopic (exact) mass is 525 g/mol. The fourth-order valence-corrected chi connectivity index (χ4v) is 17.5. The molecule has 0 saturated carbocycles. The fraction of sp³-hybridized carbons (Fsp3) is 0.722. The SMILES string of the molecule is CCC[CH2][Sn]([CH2]CCC)([CH2]CCC)[O]c1ccc(C)nc1I. The van der Waals surface area contributed by atoms with Gasteiger partial charge in [-0.05, 0) is 0 Å². The van der Waals surface area contributed by atoms with Crippen molar-refractivity contribution in [1.82, 2.24) is 4.98 Å². The van der Waals surface area contributed by atoms with Crippen LogP contribution in [-0.4, -0.2) is 23.8 Å². The minimum absolute atomic E-state index is 1.04. The van der Waals surface area contributed by atoms with Gasteiger partial charge < -0.3 is 0 Å². The Bertz CT molecular complexity index is 417. The molecule has 0 aliphatic rings. The number of pyridine rings is 1. The molecule has 0 saturated heterocycles. The molecule has 4 heteroatoms. The average molecular weight is 524 g/mol. The minimum atomic E-state index is -2.56. The van der Waals surface area contributed by atoms with Gasteiger partial charge in [0.05, 0.1) is 0 Å². The van der Waals surface area contributed by atoms with Crippen molar-refractivity contribution in [2.24, 2.45) is 0 Å². The van der Waals surface area contributed by atoms with Gasteiger partial charge in [-0.2, -0.15) is 0 Å². The Balaban J connectivity index is 2.97. The van der Waals surface area contributed by atoms with E-state index in [1.807, 2.05) is 6.92 Å². The zero-order valence-electron chi connectivity index (χ0n) is 14.8. The molecule has 2 nitrogen and oxygen atoms in total. The van der Waals surface area contributed by atoms with Crippen LogP contribution in [0.1, 0.15) is 65.0 Å². The van der Waals surface area contributed by atoms with E-state index >= 15 is 0 Å². The Morgan fingerprint density at radius 1 is 0.955 bits per heavy atom. The van der Waals surface area contributed by atoms with E-state index in [9.17, 15) is 0 Å². The molecule has 0 bridgehead atoms. The third kappa shape index (κ3) is 6.93. The molecule has 0 radical (unpaired) electrons. The van der Waals surface area contributed by atoms with Crippen LogP contribution in [0.2, 0.25) is 13.3 Å². The molecule has 1 aromatic heterocycles. The van der Waals surface area contributed by atoms with Gasteiger partial charge >= 0.3 is 156 Å². The number of aromatic nitrogens is 1. The van der Waals surface area contributed by atoms with E-state index < -0.39 is 18.8 Å². The van der Waals surface area contributed by atoms with Gasteiger partial charge in [0.25, 0.3) is 0 Å². The summed E-state index contributed by atoms with van der Waals surface area (Å²) in [6.45, 7) is 8.95. The van der Waals surface area contributed by atoms with Gasteiger partial charge in [0.1, 0.15) is 0 Å². The van der Waals surface area contributed by atoms with Gasteiger partial charge in [-0.1, -0.05) is 0 Å². The second-order valence-electron chi connectivity index (χ2n) is 6.34. The molecule has 0 atom stereocenters. The van der Waals surface area contributed by atoms with E-state index in [0.717, 1.165) is 15.1 Å². The summed E-state index contributed by atoms with van der Waals surface area (Å²) in [5.74, 6) is 1.06. The summed E-state index contributed by atoms with van der Waals surface area (Å²) >= 11 is -0.222. The third-order valence-corrected chi connectivity index (χ3v) is 17.7. The van der Waals surface area contributed by atoms with E-state index in [1.54, 1.807) is 0 Å². The molecule has 0 fully saturated rings. The van der Waals surface area contributed by atoms with Gasteiger partial charge in [-0.25, -0.2) is 0 Å². The molecular weight excluding hydrogens is 492 g/mol. The van der Waals surface area contributed by atoms with Crippen molar-refractivity contribution < 1.29 is 3.07 Å². The molecule has 0 unspecified atom stereocenters. The summed E-state index contributed by atoms with van der Waals surface area (Å²) in [6, 6.07) is 4.24. The van der Waals surface area contributed by atoms with Crippen molar-refractivity contribution in [2.75, 3.05) is 0 Å². The zero-order valence-corrected chi connectivity index (χ0v) is 19.8. The van der Waals surface area contributed by atoms with Gasteiger partial charge in [-0.3, -0.25) is 0 Å². The average Bonchev–Trinajstić information content (AvgIpc) is 2.51. The Kier molecular flexibility index (Phi) is 10.4. The van der Waals surface area contributed by atoms with Crippen molar-refractivity contribution in [2.45, 2.75) is 79.5 Å². The number of unbranched alkanes of at least 4 members (excludes halogenated alkanes) is 3. The molecule has 1 rings (SSSR count). The number of rotatable bonds is 11. The second-order valence-corrected chi connectivity index (χ2v) is 19.0. The first-order valence-corrected chi connectivity index (χ1v) is 17.2. The van der Waals surface area contributed by atoms with E-state index in [2.05, 4.69) is 60.5 Å². The van der Waals surface area contributed by atoms with Crippen LogP contribution < -0.4 is 3.07 Å². The van der Waals surface area contributed by atoms with Gasteiger partial charge in [0, 0.05) is 0 Å². The quantitative estimate of drug-likeness (QED) is 0.182. The molecular formula is C18H32INOSn. The topological polar surface area (TPSA) is 22.1 Å². The van der Waals surface area contributed by atoms with Crippen LogP contribution in [0.5, 0.6) is 5.75 Å². The molecule has 0 N–H and O–H groups in total. The van der Waals surface area contributed by atoms with Crippen molar-refractivity contribution in [3.8, 4) is 5.75 Å². The molecule has 22 heavy (non-hydrogen) atoms. The fourth-order valence-electron chi connectivity index (χ4n) is 2.85. The van der Waals surface area contributed by atoms with Gasteiger partial charge in [0.15, 0.2) is 0 Å². The summed E-state index contributed by atoms with van der Waals surface area (Å²) in [5, 5.41) is 0. The Morgan fingerprint density at radius 2 is 1.45 bits per heavy atom. The Labute approximate surface area is 155 Å². The van der Waals surface area contributed by atoms with Crippen molar-refractivity contribution in [3.05, 3.63) is 21.5 Å². The van der Waals surface area contributed by atoms with E-state index in [0.29, 0.717) is 0 Å². The first-order chi connectivity index (χ1) is 10.6. The zero-order chi connectivity index (χ0) is 16.4. The van der Waals surface area contributed by atoms with Crippen molar-refractivity contribution in [3.63, 3.8) is 0 Å². The second kappa shape index (κ2) is 11.1. The van der Waals surface area contributed by atoms with Crippen LogP contribution in [-0.2, 0) is 0 Å². The van der Waals surface area contributed by atoms with Gasteiger partial charge in [-0.15, -0.1) is 0 Å². The summed E-state index contributed by atoms with van der Waals surface area (Å²) < 4.78 is 12.0. The van der Waals surface area contributed by atoms with Crippen LogP contribution in [0, 0.1) is 10.6 Å². The number of nitrogens with zero attached hydrogens (tertiary/aromatic N) is 1. The number of hydrogen-bond donors (Lipinski definition) is 0. The molecule has 0 amide bonds. The van der Waals surface area contributed by atoms with Crippen LogP contribution in [0.25, 0.3) is 0 Å². The van der Waals surface area contributed by atoms with Crippen LogP contribution >= 0.6 is 22.6 Å². The van der Waals surface area contributed by atoms with E-state index in [-0.39, 0.29) is 0 Å². The molecule has 1 heterocycles. The van der Waals surface area contributed by atoms with E-state index in [1.165, 1.54) is 51.8 Å². The normalized spacial score (nSPS) is 11.7. The number of hydrogen-bond acceptors (Lipinski definition) is 2. The van der Waals surface area contributed by atoms with Crippen LogP contribution in [0.4, 0.5) is 0 Å². The first-order valence-electron chi connectivity index (χ1n) is 8.89. The maximum absolute atomic E-state index is 6.83. The molecule has 0 aromatic carbocycles. The van der Waals surface area contributed by atoms with Crippen LogP contribution in [0.3, 0.4) is 0 Å². The molecule has 0 aliphatic carbocycles. The summed E-state index contributed by atoms with van der Waals surface area (Å²) in [5.41, 5.74) is 1.08. The molecule has 126 valence electrons. The predicted octanol–water partition coefficient (Wildman–Crippen LogP) is 6.72. The molecule has 0 aliphatic heterocycles. The predicted molar refractivity (Wildman–Crippen MR) is 107 cm³/mol. The number of halogens is 1. The third-order valence-electron chi connectivity index (χ3n) is 4.24.